The predicted molar refractivity (Wildman–Crippen MR) is 80.2 cm³/mol. The van der Waals surface area contributed by atoms with Crippen molar-refractivity contribution in [2.45, 2.75) is 11.8 Å². The first-order valence-electron chi connectivity index (χ1n) is 6.16. The Labute approximate surface area is 123 Å². The fourth-order valence-corrected chi connectivity index (χ4v) is 2.94. The molecule has 0 spiro atoms. The molecule has 1 aromatic carbocycles. The quantitative estimate of drug-likeness (QED) is 0.843. The molecule has 0 saturated carbocycles. The molecule has 1 heterocycles. The average molecular weight is 302 g/mol. The highest BCUT2D eigenvalue weighted by Crippen LogP contribution is 2.20. The topological polar surface area (TPSA) is 79.3 Å². The van der Waals surface area contributed by atoms with Crippen molar-refractivity contribution in [3.05, 3.63) is 53.9 Å². The number of pyridine rings is 1. The molecule has 21 heavy (non-hydrogen) atoms. The summed E-state index contributed by atoms with van der Waals surface area (Å²) in [5.74, 6) is 5.14. The summed E-state index contributed by atoms with van der Waals surface area (Å²) in [7, 11) is -3.75. The molecule has 1 aromatic heterocycles. The smallest absolute Gasteiger partial charge is 0.263 e. The zero-order valence-corrected chi connectivity index (χ0v) is 12.2. The number of hydrogen-bond donors (Lipinski definition) is 2. The minimum atomic E-state index is -3.75. The molecule has 2 aromatic rings. The summed E-state index contributed by atoms with van der Waals surface area (Å²) >= 11 is 0. The van der Waals surface area contributed by atoms with Crippen LogP contribution in [0.4, 0.5) is 5.69 Å². The number of sulfonamides is 1. The van der Waals surface area contributed by atoms with Crippen LogP contribution in [-0.4, -0.2) is 25.1 Å². The van der Waals surface area contributed by atoms with Crippen LogP contribution < -0.4 is 4.72 Å². The molecule has 0 radical (unpaired) electrons. The van der Waals surface area contributed by atoms with E-state index in [1.165, 1.54) is 18.5 Å². The largest absolute Gasteiger partial charge is 0.384 e. The van der Waals surface area contributed by atoms with Gasteiger partial charge in [0.25, 0.3) is 10.0 Å². The molecule has 0 aliphatic rings. The van der Waals surface area contributed by atoms with Gasteiger partial charge in [0.15, 0.2) is 0 Å². The van der Waals surface area contributed by atoms with E-state index >= 15 is 0 Å². The van der Waals surface area contributed by atoms with E-state index in [0.717, 1.165) is 5.56 Å². The Bertz CT molecular complexity index is 791. The van der Waals surface area contributed by atoms with Crippen molar-refractivity contribution in [2.75, 3.05) is 11.3 Å². The molecule has 0 unspecified atom stereocenters. The lowest BCUT2D eigenvalue weighted by molar-refractivity contribution is 0.350. The number of aromatic nitrogens is 1. The first kappa shape index (κ1) is 15.0. The van der Waals surface area contributed by atoms with Crippen molar-refractivity contribution >= 4 is 15.7 Å². The van der Waals surface area contributed by atoms with Crippen LogP contribution in [0.3, 0.4) is 0 Å². The van der Waals surface area contributed by atoms with Crippen molar-refractivity contribution < 1.29 is 13.5 Å². The molecule has 2 rings (SSSR count). The van der Waals surface area contributed by atoms with E-state index in [1.807, 2.05) is 6.92 Å². The van der Waals surface area contributed by atoms with Crippen LogP contribution in [0.5, 0.6) is 0 Å². The van der Waals surface area contributed by atoms with Gasteiger partial charge in [-0.05, 0) is 36.8 Å². The van der Waals surface area contributed by atoms with Crippen LogP contribution in [-0.2, 0) is 10.0 Å². The van der Waals surface area contributed by atoms with E-state index in [4.69, 9.17) is 5.11 Å². The number of aliphatic hydroxyl groups excluding tert-OH is 1. The van der Waals surface area contributed by atoms with Crippen LogP contribution in [0.2, 0.25) is 0 Å². The second-order valence-corrected chi connectivity index (χ2v) is 5.95. The highest BCUT2D eigenvalue weighted by atomic mass is 32.2. The van der Waals surface area contributed by atoms with E-state index in [1.54, 1.807) is 24.3 Å². The van der Waals surface area contributed by atoms with Crippen LogP contribution in [0.1, 0.15) is 11.1 Å². The highest BCUT2D eigenvalue weighted by Gasteiger charge is 2.18. The number of nitrogens with one attached hydrogen (secondary N) is 1. The number of hydrogen-bond acceptors (Lipinski definition) is 4. The maximum absolute atomic E-state index is 12.4. The van der Waals surface area contributed by atoms with E-state index in [2.05, 4.69) is 21.5 Å². The van der Waals surface area contributed by atoms with Gasteiger partial charge in [0.05, 0.1) is 5.69 Å². The molecular weight excluding hydrogens is 288 g/mol. The molecule has 0 aliphatic heterocycles. The molecule has 108 valence electrons. The molecule has 0 atom stereocenters. The fourth-order valence-electron chi connectivity index (χ4n) is 1.74. The Morgan fingerprint density at radius 1 is 1.24 bits per heavy atom. The van der Waals surface area contributed by atoms with E-state index < -0.39 is 10.0 Å². The van der Waals surface area contributed by atoms with E-state index in [0.29, 0.717) is 11.3 Å². The summed E-state index contributed by atoms with van der Waals surface area (Å²) in [4.78, 5) is 3.91. The lowest BCUT2D eigenvalue weighted by atomic mass is 10.1. The Morgan fingerprint density at radius 2 is 1.95 bits per heavy atom. The highest BCUT2D eigenvalue weighted by molar-refractivity contribution is 7.92. The van der Waals surface area contributed by atoms with Crippen molar-refractivity contribution in [3.63, 3.8) is 0 Å². The van der Waals surface area contributed by atoms with Gasteiger partial charge in [-0.2, -0.15) is 0 Å². The monoisotopic (exact) mass is 302 g/mol. The molecule has 0 saturated heterocycles. The Hall–Kier alpha value is -2.36. The molecule has 5 nitrogen and oxygen atoms in total. The summed E-state index contributed by atoms with van der Waals surface area (Å²) in [5, 5.41) is 8.78. The van der Waals surface area contributed by atoms with Crippen LogP contribution in [0.25, 0.3) is 0 Å². The van der Waals surface area contributed by atoms with Crippen LogP contribution in [0.15, 0.2) is 47.6 Å². The number of aryl methyl sites for hydroxylation is 1. The number of nitrogens with zero attached hydrogens (tertiary/aromatic N) is 1. The lowest BCUT2D eigenvalue weighted by Crippen LogP contribution is -2.14. The van der Waals surface area contributed by atoms with Gasteiger partial charge < -0.3 is 5.11 Å². The first-order chi connectivity index (χ1) is 10.0. The van der Waals surface area contributed by atoms with Gasteiger partial charge in [-0.1, -0.05) is 17.9 Å². The minimum absolute atomic E-state index is 0.0749. The third kappa shape index (κ3) is 3.81. The number of aliphatic hydroxyl groups is 1. The Morgan fingerprint density at radius 3 is 2.62 bits per heavy atom. The average Bonchev–Trinajstić information content (AvgIpc) is 2.45. The van der Waals surface area contributed by atoms with Crippen molar-refractivity contribution in [1.82, 2.24) is 4.98 Å². The third-order valence-corrected chi connectivity index (χ3v) is 4.10. The van der Waals surface area contributed by atoms with Crippen LogP contribution in [0, 0.1) is 18.8 Å². The zero-order chi connectivity index (χ0) is 15.3. The second-order valence-electron chi connectivity index (χ2n) is 4.30. The predicted octanol–water partition coefficient (Wildman–Crippen LogP) is 1.53. The lowest BCUT2D eigenvalue weighted by Gasteiger charge is -2.10. The van der Waals surface area contributed by atoms with Crippen molar-refractivity contribution in [2.24, 2.45) is 0 Å². The number of rotatable bonds is 3. The van der Waals surface area contributed by atoms with E-state index in [-0.39, 0.29) is 11.5 Å². The molecule has 0 fully saturated rings. The standard InChI is InChI=1S/C15H14N2O3S/c1-12-4-5-15(13(11-12)3-2-10-18)21(19,20)17-14-6-8-16-9-7-14/h4-9,11,18H,10H2,1H3,(H,16,17). The van der Waals surface area contributed by atoms with Gasteiger partial charge in [0, 0.05) is 18.0 Å². The van der Waals surface area contributed by atoms with E-state index in [9.17, 15) is 8.42 Å². The SMILES string of the molecule is Cc1ccc(S(=O)(=O)Nc2ccncc2)c(C#CCO)c1. The Balaban J connectivity index is 2.45. The summed E-state index contributed by atoms with van der Waals surface area (Å²) < 4.78 is 27.3. The van der Waals surface area contributed by atoms with Crippen LogP contribution >= 0.6 is 0 Å². The van der Waals surface area contributed by atoms with Crippen molar-refractivity contribution in [3.8, 4) is 11.8 Å². The van der Waals surface area contributed by atoms with Gasteiger partial charge in [-0.25, -0.2) is 8.42 Å². The minimum Gasteiger partial charge on any atom is -0.384 e. The molecule has 6 heteroatoms. The third-order valence-electron chi connectivity index (χ3n) is 2.66. The maximum atomic E-state index is 12.4. The van der Waals surface area contributed by atoms with Gasteiger partial charge in [0.2, 0.25) is 0 Å². The molecule has 2 N–H and O–H groups in total. The fraction of sp³-hybridized carbons (Fsp3) is 0.133. The summed E-state index contributed by atoms with van der Waals surface area (Å²) in [5.41, 5.74) is 1.66. The second kappa shape index (κ2) is 6.39. The van der Waals surface area contributed by atoms with Crippen molar-refractivity contribution in [1.29, 1.82) is 0 Å². The summed E-state index contributed by atoms with van der Waals surface area (Å²) in [6.07, 6.45) is 3.00. The molecule has 0 bridgehead atoms. The number of anilines is 1. The Kier molecular flexibility index (Phi) is 4.58. The molecule has 0 amide bonds. The number of benzene rings is 1. The zero-order valence-electron chi connectivity index (χ0n) is 11.4. The van der Waals surface area contributed by atoms with Gasteiger partial charge >= 0.3 is 0 Å². The molecule has 0 aliphatic carbocycles. The summed E-state index contributed by atoms with van der Waals surface area (Å²) in [6, 6.07) is 7.99. The van der Waals surface area contributed by atoms with Gasteiger partial charge in [0.1, 0.15) is 11.5 Å². The normalized spacial score (nSPS) is 10.6. The van der Waals surface area contributed by atoms with Gasteiger partial charge in [-0.3, -0.25) is 9.71 Å². The summed E-state index contributed by atoms with van der Waals surface area (Å²) in [6.45, 7) is 1.52. The first-order valence-corrected chi connectivity index (χ1v) is 7.64. The maximum Gasteiger partial charge on any atom is 0.263 e. The van der Waals surface area contributed by atoms with Gasteiger partial charge in [-0.15, -0.1) is 0 Å². The molecular formula is C15H14N2O3S.